The number of nitrogens with one attached hydrogen (secondary N) is 1. The number of aromatic nitrogens is 3. The highest BCUT2D eigenvalue weighted by Crippen LogP contribution is 2.36. The van der Waals surface area contributed by atoms with E-state index in [9.17, 15) is 9.59 Å². The Morgan fingerprint density at radius 3 is 2.60 bits per heavy atom. The maximum Gasteiger partial charge on any atom is 0.267 e. The highest BCUT2D eigenvalue weighted by Gasteiger charge is 2.23. The van der Waals surface area contributed by atoms with Crippen LogP contribution in [0.25, 0.3) is 37.7 Å². The van der Waals surface area contributed by atoms with Gasteiger partial charge in [-0.15, -0.1) is 11.3 Å². The first kappa shape index (κ1) is 27.7. The molecule has 3 heterocycles. The number of thiophene rings is 1. The van der Waals surface area contributed by atoms with Crippen LogP contribution in [-0.2, 0) is 24.2 Å². The topological polar surface area (TPSA) is 78.2 Å². The Hall–Kier alpha value is -4.08. The average molecular weight is 609 g/mol. The van der Waals surface area contributed by atoms with E-state index in [-0.39, 0.29) is 17.2 Å². The second-order valence-corrected chi connectivity index (χ2v) is 12.7. The summed E-state index contributed by atoms with van der Waals surface area (Å²) in [4.78, 5) is 34.3. The summed E-state index contributed by atoms with van der Waals surface area (Å²) in [6.45, 7) is 5.52. The smallest absolute Gasteiger partial charge is 0.267 e. The normalized spacial score (nSPS) is 13.1. The van der Waals surface area contributed by atoms with Crippen molar-refractivity contribution in [2.75, 3.05) is 17.7 Å². The van der Waals surface area contributed by atoms with Crippen LogP contribution in [0, 0.1) is 0 Å². The molecule has 1 aliphatic rings. The Kier molecular flexibility index (Phi) is 7.44. The Morgan fingerprint density at radius 2 is 1.79 bits per heavy atom. The van der Waals surface area contributed by atoms with Crippen LogP contribution in [0.4, 0.5) is 5.69 Å². The second-order valence-electron chi connectivity index (χ2n) is 10.7. The molecule has 0 aliphatic heterocycles. The standard InChI is InChI=1S/C34H32N4O3S2/c1-3-37-27-11-7-5-9-24(27)26-19-21(13-18-28(26)37)35-30(39)20-42-34-36-32-31(25-10-6-8-12-29(25)43-32)33(40)38(34)22-14-16-23(17-15-22)41-4-2/h5,7,9,11,13-19H,3-4,6,8,10,12,20H2,1-2H3,(H,35,39). The number of ether oxygens (including phenoxy) is 1. The maximum atomic E-state index is 14.1. The number of anilines is 1. The molecule has 9 heteroatoms. The zero-order valence-electron chi connectivity index (χ0n) is 24.2. The summed E-state index contributed by atoms with van der Waals surface area (Å²) in [7, 11) is 0. The molecule has 43 heavy (non-hydrogen) atoms. The number of carbonyl (C=O) groups is 1. The Morgan fingerprint density at radius 1 is 1.00 bits per heavy atom. The predicted molar refractivity (Wildman–Crippen MR) is 177 cm³/mol. The summed E-state index contributed by atoms with van der Waals surface area (Å²) < 4.78 is 9.57. The van der Waals surface area contributed by atoms with Crippen LogP contribution in [0.15, 0.2) is 76.7 Å². The minimum atomic E-state index is -0.151. The van der Waals surface area contributed by atoms with Gasteiger partial charge in [-0.25, -0.2) is 4.98 Å². The van der Waals surface area contributed by atoms with Gasteiger partial charge >= 0.3 is 0 Å². The lowest BCUT2D eigenvalue weighted by Gasteiger charge is -2.14. The number of aryl methyl sites for hydroxylation is 3. The second kappa shape index (κ2) is 11.5. The molecule has 3 aromatic heterocycles. The number of carbonyl (C=O) groups excluding carboxylic acids is 1. The molecule has 0 atom stereocenters. The van der Waals surface area contributed by atoms with Gasteiger partial charge in [-0.1, -0.05) is 30.0 Å². The minimum Gasteiger partial charge on any atom is -0.494 e. The largest absolute Gasteiger partial charge is 0.494 e. The summed E-state index contributed by atoms with van der Waals surface area (Å²) in [5, 5.41) is 6.58. The molecule has 1 N–H and O–H groups in total. The summed E-state index contributed by atoms with van der Waals surface area (Å²) >= 11 is 2.91. The molecule has 7 rings (SSSR count). The van der Waals surface area contributed by atoms with Crippen molar-refractivity contribution >= 4 is 66.7 Å². The number of hydrogen-bond acceptors (Lipinski definition) is 6. The van der Waals surface area contributed by atoms with E-state index in [1.54, 1.807) is 15.9 Å². The van der Waals surface area contributed by atoms with Crippen molar-refractivity contribution in [1.29, 1.82) is 0 Å². The third-order valence-electron chi connectivity index (χ3n) is 8.07. The van der Waals surface area contributed by atoms with Crippen LogP contribution in [-0.4, -0.2) is 32.4 Å². The molecule has 6 aromatic rings. The van der Waals surface area contributed by atoms with Crippen LogP contribution in [0.3, 0.4) is 0 Å². The quantitative estimate of drug-likeness (QED) is 0.142. The van der Waals surface area contributed by atoms with Crippen molar-refractivity contribution in [3.63, 3.8) is 0 Å². The summed E-state index contributed by atoms with van der Waals surface area (Å²) in [6.07, 6.45) is 4.12. The molecular formula is C34H32N4O3S2. The molecule has 0 radical (unpaired) electrons. The molecule has 0 spiro atoms. The van der Waals surface area contributed by atoms with E-state index in [1.807, 2.05) is 49.4 Å². The molecule has 0 bridgehead atoms. The first-order valence-corrected chi connectivity index (χ1v) is 16.6. The SMILES string of the molecule is CCOc1ccc(-n2c(SCC(=O)Nc3ccc4c(c3)c3ccccc3n4CC)nc3sc4c(c3c2=O)CCCC4)cc1. The lowest BCUT2D eigenvalue weighted by Crippen LogP contribution is -2.23. The predicted octanol–water partition coefficient (Wildman–Crippen LogP) is 7.58. The van der Waals surface area contributed by atoms with E-state index >= 15 is 0 Å². The number of thioether (sulfide) groups is 1. The van der Waals surface area contributed by atoms with Crippen LogP contribution < -0.4 is 15.6 Å². The minimum absolute atomic E-state index is 0.0748. The Bertz CT molecular complexity index is 2060. The van der Waals surface area contributed by atoms with E-state index < -0.39 is 0 Å². The number of benzene rings is 3. The third-order valence-corrected chi connectivity index (χ3v) is 10.2. The van der Waals surface area contributed by atoms with Crippen molar-refractivity contribution < 1.29 is 9.53 Å². The molecular weight excluding hydrogens is 577 g/mol. The van der Waals surface area contributed by atoms with Gasteiger partial charge in [-0.2, -0.15) is 0 Å². The van der Waals surface area contributed by atoms with Crippen LogP contribution in [0.2, 0.25) is 0 Å². The van der Waals surface area contributed by atoms with Gasteiger partial charge in [0.25, 0.3) is 5.56 Å². The van der Waals surface area contributed by atoms with Gasteiger partial charge in [0.1, 0.15) is 10.6 Å². The average Bonchev–Trinajstić information content (AvgIpc) is 3.56. The fraction of sp³-hybridized carbons (Fsp3) is 0.265. The van der Waals surface area contributed by atoms with E-state index in [0.717, 1.165) is 70.3 Å². The highest BCUT2D eigenvalue weighted by atomic mass is 32.2. The van der Waals surface area contributed by atoms with Crippen LogP contribution >= 0.6 is 23.1 Å². The zero-order chi connectivity index (χ0) is 29.5. The van der Waals surface area contributed by atoms with Crippen molar-refractivity contribution in [3.05, 3.63) is 87.5 Å². The van der Waals surface area contributed by atoms with Gasteiger partial charge in [0.05, 0.1) is 23.4 Å². The summed E-state index contributed by atoms with van der Waals surface area (Å²) in [5.41, 5.74) is 4.86. The van der Waals surface area contributed by atoms with Crippen molar-refractivity contribution in [1.82, 2.24) is 14.1 Å². The molecule has 1 amide bonds. The van der Waals surface area contributed by atoms with Gasteiger partial charge in [0.2, 0.25) is 5.91 Å². The van der Waals surface area contributed by atoms with Gasteiger partial charge in [0.15, 0.2) is 5.16 Å². The molecule has 0 fully saturated rings. The molecule has 3 aromatic carbocycles. The lowest BCUT2D eigenvalue weighted by atomic mass is 9.97. The Balaban J connectivity index is 1.20. The van der Waals surface area contributed by atoms with Gasteiger partial charge < -0.3 is 14.6 Å². The summed E-state index contributed by atoms with van der Waals surface area (Å²) in [6, 6.07) is 21.9. The van der Waals surface area contributed by atoms with Gasteiger partial charge in [-0.05, 0) is 93.6 Å². The molecule has 0 unspecified atom stereocenters. The number of amides is 1. The van der Waals surface area contributed by atoms with E-state index in [4.69, 9.17) is 9.72 Å². The molecule has 7 nitrogen and oxygen atoms in total. The third kappa shape index (κ3) is 5.00. The van der Waals surface area contributed by atoms with Crippen molar-refractivity contribution in [2.45, 2.75) is 51.2 Å². The number of nitrogens with zero attached hydrogens (tertiary/aromatic N) is 3. The number of para-hydroxylation sites is 1. The molecule has 0 saturated carbocycles. The number of hydrogen-bond donors (Lipinski definition) is 1. The molecule has 0 saturated heterocycles. The summed E-state index contributed by atoms with van der Waals surface area (Å²) in [5.74, 6) is 0.713. The first-order chi connectivity index (χ1) is 21.1. The maximum absolute atomic E-state index is 14.1. The fourth-order valence-corrected chi connectivity index (χ4v) is 8.28. The van der Waals surface area contributed by atoms with Gasteiger partial charge in [-0.3, -0.25) is 14.2 Å². The van der Waals surface area contributed by atoms with Crippen molar-refractivity contribution in [2.24, 2.45) is 0 Å². The molecule has 1 aliphatic carbocycles. The van der Waals surface area contributed by atoms with Crippen LogP contribution in [0.1, 0.15) is 37.1 Å². The Labute approximate surface area is 257 Å². The highest BCUT2D eigenvalue weighted by molar-refractivity contribution is 7.99. The van der Waals surface area contributed by atoms with E-state index in [0.29, 0.717) is 17.5 Å². The first-order valence-electron chi connectivity index (χ1n) is 14.8. The zero-order valence-corrected chi connectivity index (χ0v) is 25.8. The van der Waals surface area contributed by atoms with Gasteiger partial charge in [0, 0.05) is 38.9 Å². The van der Waals surface area contributed by atoms with E-state index in [1.165, 1.54) is 27.5 Å². The fourth-order valence-electron chi connectivity index (χ4n) is 6.17. The van der Waals surface area contributed by atoms with E-state index in [2.05, 4.69) is 41.1 Å². The number of fused-ring (bicyclic) bond motifs is 6. The number of rotatable bonds is 8. The molecule has 218 valence electrons. The van der Waals surface area contributed by atoms with Crippen molar-refractivity contribution in [3.8, 4) is 11.4 Å². The van der Waals surface area contributed by atoms with Crippen LogP contribution in [0.5, 0.6) is 5.75 Å². The monoisotopic (exact) mass is 608 g/mol. The lowest BCUT2D eigenvalue weighted by molar-refractivity contribution is -0.113.